The highest BCUT2D eigenvalue weighted by Gasteiger charge is 2.49. The second kappa shape index (κ2) is 5.15. The van der Waals surface area contributed by atoms with Gasteiger partial charge in [-0.3, -0.25) is 4.79 Å². The molecule has 1 aliphatic carbocycles. The minimum absolute atomic E-state index is 0.0376. The van der Waals surface area contributed by atoms with Crippen molar-refractivity contribution >= 4 is 5.91 Å². The van der Waals surface area contributed by atoms with Gasteiger partial charge in [0.25, 0.3) is 0 Å². The van der Waals surface area contributed by atoms with Crippen LogP contribution in [-0.2, 0) is 9.53 Å². The highest BCUT2D eigenvalue weighted by Crippen LogP contribution is 2.42. The van der Waals surface area contributed by atoms with Crippen LogP contribution in [0.5, 0.6) is 0 Å². The third-order valence-electron chi connectivity index (χ3n) is 3.64. The molecule has 1 saturated carbocycles. The number of carbonyl (C=O) groups is 1. The van der Waals surface area contributed by atoms with Crippen molar-refractivity contribution in [1.29, 1.82) is 0 Å². The van der Waals surface area contributed by atoms with Crippen molar-refractivity contribution in [2.75, 3.05) is 13.7 Å². The van der Waals surface area contributed by atoms with Crippen molar-refractivity contribution in [2.24, 2.45) is 5.41 Å². The lowest BCUT2D eigenvalue weighted by Crippen LogP contribution is -2.63. The van der Waals surface area contributed by atoms with Gasteiger partial charge < -0.3 is 15.4 Å². The molecular formula is C12H24N2O2. The highest BCUT2D eigenvalue weighted by molar-refractivity contribution is 5.81. The van der Waals surface area contributed by atoms with Crippen LogP contribution in [0.1, 0.15) is 34.1 Å². The lowest BCUT2D eigenvalue weighted by atomic mass is 9.64. The Hall–Kier alpha value is -0.610. The molecule has 4 nitrogen and oxygen atoms in total. The summed E-state index contributed by atoms with van der Waals surface area (Å²) in [4.78, 5) is 11.4. The van der Waals surface area contributed by atoms with Crippen LogP contribution in [0.2, 0.25) is 0 Å². The Bertz CT molecular complexity index is 253. The molecule has 0 aromatic rings. The van der Waals surface area contributed by atoms with Gasteiger partial charge in [-0.25, -0.2) is 0 Å². The van der Waals surface area contributed by atoms with E-state index < -0.39 is 0 Å². The van der Waals surface area contributed by atoms with Crippen molar-refractivity contribution < 1.29 is 9.53 Å². The largest absolute Gasteiger partial charge is 0.378 e. The number of hydrogen-bond acceptors (Lipinski definition) is 3. The molecule has 1 aliphatic rings. The number of likely N-dealkylation sites (N-methyl/N-ethyl adjacent to an activating group) is 1. The Morgan fingerprint density at radius 3 is 2.62 bits per heavy atom. The number of carbonyl (C=O) groups excluding carboxylic acids is 1. The average molecular weight is 228 g/mol. The van der Waals surface area contributed by atoms with Crippen LogP contribution in [0.25, 0.3) is 0 Å². The first kappa shape index (κ1) is 13.5. The molecule has 1 fully saturated rings. The first-order chi connectivity index (χ1) is 7.43. The molecule has 0 aliphatic heterocycles. The fourth-order valence-electron chi connectivity index (χ4n) is 2.25. The predicted octanol–water partition coefficient (Wildman–Crippen LogP) is 0.914. The molecule has 1 amide bonds. The fourth-order valence-corrected chi connectivity index (χ4v) is 2.25. The molecule has 94 valence electrons. The normalized spacial score (nSPS) is 29.3. The smallest absolute Gasteiger partial charge is 0.236 e. The Balaban J connectivity index is 2.44. The van der Waals surface area contributed by atoms with Crippen molar-refractivity contribution in [2.45, 2.75) is 52.3 Å². The van der Waals surface area contributed by atoms with E-state index >= 15 is 0 Å². The molecule has 0 aromatic carbocycles. The molecule has 0 bridgehead atoms. The van der Waals surface area contributed by atoms with Gasteiger partial charge in [0.15, 0.2) is 0 Å². The topological polar surface area (TPSA) is 50.4 Å². The molecule has 4 heteroatoms. The average Bonchev–Trinajstić information content (AvgIpc) is 2.26. The SMILES string of the molecule is CCOC1CC(NC(C)C(=O)NC)C1(C)C. The zero-order valence-electron chi connectivity index (χ0n) is 11.0. The van der Waals surface area contributed by atoms with Gasteiger partial charge >= 0.3 is 0 Å². The first-order valence-electron chi connectivity index (χ1n) is 6.02. The van der Waals surface area contributed by atoms with Crippen LogP contribution in [0.3, 0.4) is 0 Å². The summed E-state index contributed by atoms with van der Waals surface area (Å²) >= 11 is 0. The summed E-state index contributed by atoms with van der Waals surface area (Å²) in [6.07, 6.45) is 1.30. The van der Waals surface area contributed by atoms with E-state index in [0.717, 1.165) is 13.0 Å². The van der Waals surface area contributed by atoms with Gasteiger partial charge in [0.1, 0.15) is 0 Å². The van der Waals surface area contributed by atoms with Crippen LogP contribution in [0, 0.1) is 5.41 Å². The summed E-state index contributed by atoms with van der Waals surface area (Å²) in [5, 5.41) is 6.00. The van der Waals surface area contributed by atoms with E-state index in [1.807, 2.05) is 13.8 Å². The predicted molar refractivity (Wildman–Crippen MR) is 64.3 cm³/mol. The molecular weight excluding hydrogens is 204 g/mol. The monoisotopic (exact) mass is 228 g/mol. The maximum absolute atomic E-state index is 11.4. The molecule has 1 rings (SSSR count). The molecule has 3 atom stereocenters. The third kappa shape index (κ3) is 2.55. The second-order valence-electron chi connectivity index (χ2n) is 5.06. The maximum atomic E-state index is 11.4. The van der Waals surface area contributed by atoms with Gasteiger partial charge in [-0.15, -0.1) is 0 Å². The van der Waals surface area contributed by atoms with Gasteiger partial charge in [0.2, 0.25) is 5.91 Å². The Kier molecular flexibility index (Phi) is 4.33. The maximum Gasteiger partial charge on any atom is 0.236 e. The number of rotatable bonds is 5. The van der Waals surface area contributed by atoms with E-state index in [0.29, 0.717) is 12.1 Å². The van der Waals surface area contributed by atoms with Gasteiger partial charge in [-0.1, -0.05) is 13.8 Å². The Morgan fingerprint density at radius 2 is 2.19 bits per heavy atom. The zero-order valence-corrected chi connectivity index (χ0v) is 11.0. The standard InChI is InChI=1S/C12H24N2O2/c1-6-16-10-7-9(12(10,3)4)14-8(2)11(15)13-5/h8-10,14H,6-7H2,1-5H3,(H,13,15). The number of nitrogens with one attached hydrogen (secondary N) is 2. The van der Waals surface area contributed by atoms with Crippen LogP contribution in [-0.4, -0.2) is 37.7 Å². The van der Waals surface area contributed by atoms with Crippen molar-refractivity contribution in [3.8, 4) is 0 Å². The van der Waals surface area contributed by atoms with Crippen LogP contribution >= 0.6 is 0 Å². The summed E-state index contributed by atoms with van der Waals surface area (Å²) < 4.78 is 5.65. The summed E-state index contributed by atoms with van der Waals surface area (Å²) in [5.41, 5.74) is 0.109. The van der Waals surface area contributed by atoms with Crippen LogP contribution in [0.15, 0.2) is 0 Å². The quantitative estimate of drug-likeness (QED) is 0.735. The first-order valence-corrected chi connectivity index (χ1v) is 6.02. The van der Waals surface area contributed by atoms with E-state index in [1.54, 1.807) is 7.05 Å². The van der Waals surface area contributed by atoms with E-state index in [1.165, 1.54) is 0 Å². The van der Waals surface area contributed by atoms with Gasteiger partial charge in [-0.05, 0) is 20.3 Å². The van der Waals surface area contributed by atoms with Crippen LogP contribution < -0.4 is 10.6 Å². The molecule has 2 N–H and O–H groups in total. The number of amides is 1. The third-order valence-corrected chi connectivity index (χ3v) is 3.64. The molecule has 0 spiro atoms. The van der Waals surface area contributed by atoms with Crippen molar-refractivity contribution in [3.63, 3.8) is 0 Å². The molecule has 0 heterocycles. The van der Waals surface area contributed by atoms with E-state index in [2.05, 4.69) is 24.5 Å². The van der Waals surface area contributed by atoms with Crippen molar-refractivity contribution in [1.82, 2.24) is 10.6 Å². The molecule has 0 aromatic heterocycles. The summed E-state index contributed by atoms with van der Waals surface area (Å²) in [6.45, 7) is 9.04. The molecule has 3 unspecified atom stereocenters. The molecule has 0 radical (unpaired) electrons. The highest BCUT2D eigenvalue weighted by atomic mass is 16.5. The lowest BCUT2D eigenvalue weighted by Gasteiger charge is -2.52. The van der Waals surface area contributed by atoms with Gasteiger partial charge in [0.05, 0.1) is 12.1 Å². The summed E-state index contributed by atoms with van der Waals surface area (Å²) in [5.74, 6) is 0.0376. The Labute approximate surface area is 98.1 Å². The lowest BCUT2D eigenvalue weighted by molar-refractivity contribution is -0.130. The van der Waals surface area contributed by atoms with E-state index in [-0.39, 0.29) is 17.4 Å². The minimum atomic E-state index is -0.142. The molecule has 0 saturated heterocycles. The number of hydrogen-bond donors (Lipinski definition) is 2. The Morgan fingerprint density at radius 1 is 1.56 bits per heavy atom. The summed E-state index contributed by atoms with van der Waals surface area (Å²) in [6, 6.07) is 0.216. The summed E-state index contributed by atoms with van der Waals surface area (Å²) in [7, 11) is 1.66. The van der Waals surface area contributed by atoms with E-state index in [9.17, 15) is 4.79 Å². The van der Waals surface area contributed by atoms with Crippen molar-refractivity contribution in [3.05, 3.63) is 0 Å². The van der Waals surface area contributed by atoms with Gasteiger partial charge in [0, 0.05) is 25.1 Å². The van der Waals surface area contributed by atoms with Crippen LogP contribution in [0.4, 0.5) is 0 Å². The molecule has 16 heavy (non-hydrogen) atoms. The minimum Gasteiger partial charge on any atom is -0.378 e. The van der Waals surface area contributed by atoms with E-state index in [4.69, 9.17) is 4.74 Å². The number of ether oxygens (including phenoxy) is 1. The second-order valence-corrected chi connectivity index (χ2v) is 5.06. The zero-order chi connectivity index (χ0) is 12.3. The van der Waals surface area contributed by atoms with Gasteiger partial charge in [-0.2, -0.15) is 0 Å². The fraction of sp³-hybridized carbons (Fsp3) is 0.917.